The van der Waals surface area contributed by atoms with E-state index < -0.39 is 17.7 Å². The number of Topliss-reactive ketones (excluding diaryl/α,β-unsaturated/α-hetero) is 1. The smallest absolute Gasteiger partial charge is 0.163 e. The van der Waals surface area contributed by atoms with Crippen LogP contribution in [-0.4, -0.2) is 17.0 Å². The lowest BCUT2D eigenvalue weighted by Gasteiger charge is -2.03. The molecule has 1 aromatic carbocycles. The van der Waals surface area contributed by atoms with Crippen LogP contribution in [0.5, 0.6) is 0 Å². The van der Waals surface area contributed by atoms with Crippen LogP contribution in [-0.2, 0) is 0 Å². The van der Waals surface area contributed by atoms with Crippen molar-refractivity contribution in [2.75, 3.05) is 0 Å². The molecule has 0 amide bonds. The Kier molecular flexibility index (Phi) is 3.91. The van der Waals surface area contributed by atoms with Gasteiger partial charge < -0.3 is 5.11 Å². The topological polar surface area (TPSA) is 37.3 Å². The monoisotopic (exact) mass is 214 g/mol. The van der Waals surface area contributed by atoms with Crippen LogP contribution in [0.1, 0.15) is 30.1 Å². The average molecular weight is 214 g/mol. The highest BCUT2D eigenvalue weighted by molar-refractivity contribution is 5.96. The molecule has 15 heavy (non-hydrogen) atoms. The quantitative estimate of drug-likeness (QED) is 0.781. The van der Waals surface area contributed by atoms with E-state index in [1.54, 1.807) is 6.92 Å². The van der Waals surface area contributed by atoms with E-state index in [1.165, 1.54) is 6.07 Å². The summed E-state index contributed by atoms with van der Waals surface area (Å²) in [7, 11) is 0. The summed E-state index contributed by atoms with van der Waals surface area (Å²) in [4.78, 5) is 11.4. The van der Waals surface area contributed by atoms with E-state index in [4.69, 9.17) is 5.11 Å². The number of aliphatic hydroxyl groups is 1. The third kappa shape index (κ3) is 3.40. The van der Waals surface area contributed by atoms with Crippen LogP contribution in [0, 0.1) is 11.6 Å². The Morgan fingerprint density at radius 2 is 2.07 bits per heavy atom. The molecule has 1 N–H and O–H groups in total. The molecule has 0 spiro atoms. The van der Waals surface area contributed by atoms with Crippen LogP contribution >= 0.6 is 0 Å². The van der Waals surface area contributed by atoms with Crippen molar-refractivity contribution >= 4 is 5.78 Å². The molecule has 0 aliphatic carbocycles. The first-order valence-electron chi connectivity index (χ1n) is 4.67. The molecule has 1 atom stereocenters. The maximum atomic E-state index is 12.8. The van der Waals surface area contributed by atoms with E-state index in [-0.39, 0.29) is 17.8 Å². The van der Waals surface area contributed by atoms with Gasteiger partial charge in [0.1, 0.15) is 0 Å². The van der Waals surface area contributed by atoms with E-state index in [9.17, 15) is 13.6 Å². The molecule has 1 aromatic rings. The zero-order valence-electron chi connectivity index (χ0n) is 8.34. The van der Waals surface area contributed by atoms with Crippen LogP contribution in [0.25, 0.3) is 0 Å². The molecule has 4 heteroatoms. The Hall–Kier alpha value is -1.29. The number of aliphatic hydroxyl groups excluding tert-OH is 1. The third-order valence-electron chi connectivity index (χ3n) is 2.03. The van der Waals surface area contributed by atoms with Gasteiger partial charge in [0.2, 0.25) is 0 Å². The molecular weight excluding hydrogens is 202 g/mol. The Labute approximate surface area is 86.5 Å². The van der Waals surface area contributed by atoms with Gasteiger partial charge in [0.15, 0.2) is 17.4 Å². The van der Waals surface area contributed by atoms with Gasteiger partial charge in [-0.2, -0.15) is 0 Å². The van der Waals surface area contributed by atoms with Gasteiger partial charge in [0, 0.05) is 12.0 Å². The van der Waals surface area contributed by atoms with Crippen LogP contribution in [0.2, 0.25) is 0 Å². The number of halogens is 2. The van der Waals surface area contributed by atoms with Crippen molar-refractivity contribution < 1.29 is 18.7 Å². The summed E-state index contributed by atoms with van der Waals surface area (Å²) in [5, 5.41) is 8.96. The Balaban J connectivity index is 2.70. The zero-order chi connectivity index (χ0) is 11.4. The fourth-order valence-electron chi connectivity index (χ4n) is 1.15. The molecule has 0 radical (unpaired) electrons. The van der Waals surface area contributed by atoms with Crippen molar-refractivity contribution in [2.45, 2.75) is 25.9 Å². The third-order valence-corrected chi connectivity index (χ3v) is 2.03. The van der Waals surface area contributed by atoms with Crippen LogP contribution < -0.4 is 0 Å². The van der Waals surface area contributed by atoms with Crippen molar-refractivity contribution in [1.82, 2.24) is 0 Å². The van der Waals surface area contributed by atoms with Crippen molar-refractivity contribution in [3.63, 3.8) is 0 Å². The molecule has 82 valence electrons. The molecule has 0 aliphatic heterocycles. The van der Waals surface area contributed by atoms with Gasteiger partial charge >= 0.3 is 0 Å². The highest BCUT2D eigenvalue weighted by atomic mass is 19.2. The van der Waals surface area contributed by atoms with E-state index in [1.807, 2.05) is 0 Å². The Morgan fingerprint density at radius 3 is 2.60 bits per heavy atom. The fourth-order valence-corrected chi connectivity index (χ4v) is 1.15. The van der Waals surface area contributed by atoms with Crippen molar-refractivity contribution in [3.05, 3.63) is 35.4 Å². The summed E-state index contributed by atoms with van der Waals surface area (Å²) in [6.07, 6.45) is -0.125. The summed E-state index contributed by atoms with van der Waals surface area (Å²) in [6, 6.07) is 3.04. The minimum atomic E-state index is -1.03. The standard InChI is InChI=1S/C11H12F2O2/c1-7(14)2-5-11(15)8-3-4-9(12)10(13)6-8/h3-4,6-7,14H,2,5H2,1H3/t7-/m1/s1. The molecule has 0 aromatic heterocycles. The Morgan fingerprint density at radius 1 is 1.40 bits per heavy atom. The molecule has 0 unspecified atom stereocenters. The molecular formula is C11H12F2O2. The number of carbonyl (C=O) groups is 1. The summed E-state index contributed by atoms with van der Waals surface area (Å²) in [6.45, 7) is 1.57. The SMILES string of the molecule is C[C@@H](O)CCC(=O)c1ccc(F)c(F)c1. The molecule has 1 rings (SSSR count). The molecule has 0 saturated carbocycles. The number of hydrogen-bond donors (Lipinski definition) is 1. The minimum Gasteiger partial charge on any atom is -0.393 e. The van der Waals surface area contributed by atoms with Gasteiger partial charge in [-0.15, -0.1) is 0 Å². The summed E-state index contributed by atoms with van der Waals surface area (Å²) >= 11 is 0. The molecule has 0 bridgehead atoms. The number of hydrogen-bond acceptors (Lipinski definition) is 2. The number of carbonyl (C=O) groups excluding carboxylic acids is 1. The molecule has 0 saturated heterocycles. The number of ketones is 1. The predicted molar refractivity (Wildman–Crippen MR) is 51.6 cm³/mol. The van der Waals surface area contributed by atoms with Crippen molar-refractivity contribution in [2.24, 2.45) is 0 Å². The zero-order valence-corrected chi connectivity index (χ0v) is 8.34. The van der Waals surface area contributed by atoms with Gasteiger partial charge in [-0.25, -0.2) is 8.78 Å². The first-order chi connectivity index (χ1) is 7.00. The lowest BCUT2D eigenvalue weighted by molar-refractivity contribution is 0.0949. The van der Waals surface area contributed by atoms with E-state index >= 15 is 0 Å². The summed E-state index contributed by atoms with van der Waals surface area (Å²) in [5.74, 6) is -2.30. The summed E-state index contributed by atoms with van der Waals surface area (Å²) in [5.41, 5.74) is 0.134. The van der Waals surface area contributed by atoms with Gasteiger partial charge in [-0.05, 0) is 31.5 Å². The lowest BCUT2D eigenvalue weighted by Crippen LogP contribution is -2.06. The lowest BCUT2D eigenvalue weighted by atomic mass is 10.0. The molecule has 2 nitrogen and oxygen atoms in total. The van der Waals surface area contributed by atoms with Crippen LogP contribution in [0.4, 0.5) is 8.78 Å². The first-order valence-corrected chi connectivity index (χ1v) is 4.67. The maximum absolute atomic E-state index is 12.8. The average Bonchev–Trinajstić information content (AvgIpc) is 2.18. The first kappa shape index (κ1) is 11.8. The fraction of sp³-hybridized carbons (Fsp3) is 0.364. The Bertz CT molecular complexity index is 362. The van der Waals surface area contributed by atoms with Crippen LogP contribution in [0.3, 0.4) is 0 Å². The van der Waals surface area contributed by atoms with Gasteiger partial charge in [0.05, 0.1) is 6.10 Å². The van der Waals surface area contributed by atoms with Gasteiger partial charge in [0.25, 0.3) is 0 Å². The van der Waals surface area contributed by atoms with Gasteiger partial charge in [-0.3, -0.25) is 4.79 Å². The largest absolute Gasteiger partial charge is 0.393 e. The second-order valence-corrected chi connectivity index (χ2v) is 3.44. The van der Waals surface area contributed by atoms with Crippen LogP contribution in [0.15, 0.2) is 18.2 Å². The number of benzene rings is 1. The highest BCUT2D eigenvalue weighted by Crippen LogP contribution is 2.12. The van der Waals surface area contributed by atoms with E-state index in [0.717, 1.165) is 12.1 Å². The predicted octanol–water partition coefficient (Wildman–Crippen LogP) is 2.31. The minimum absolute atomic E-state index is 0.128. The van der Waals surface area contributed by atoms with Crippen molar-refractivity contribution in [1.29, 1.82) is 0 Å². The number of rotatable bonds is 4. The molecule has 0 fully saturated rings. The molecule has 0 heterocycles. The second kappa shape index (κ2) is 4.98. The summed E-state index contributed by atoms with van der Waals surface area (Å²) < 4.78 is 25.3. The van der Waals surface area contributed by atoms with Gasteiger partial charge in [-0.1, -0.05) is 0 Å². The van der Waals surface area contributed by atoms with Crippen molar-refractivity contribution in [3.8, 4) is 0 Å². The molecule has 0 aliphatic rings. The maximum Gasteiger partial charge on any atom is 0.163 e. The van der Waals surface area contributed by atoms with E-state index in [2.05, 4.69) is 0 Å². The normalized spacial score (nSPS) is 12.5. The van der Waals surface area contributed by atoms with E-state index in [0.29, 0.717) is 6.42 Å². The highest BCUT2D eigenvalue weighted by Gasteiger charge is 2.10. The second-order valence-electron chi connectivity index (χ2n) is 3.44.